The molecule has 0 aliphatic rings. The molecule has 1 heterocycles. The van der Waals surface area contributed by atoms with Crippen LogP contribution in [0.5, 0.6) is 0 Å². The van der Waals surface area contributed by atoms with Crippen LogP contribution in [0.3, 0.4) is 0 Å². The van der Waals surface area contributed by atoms with E-state index in [1.165, 1.54) is 11.3 Å². The molecule has 0 fully saturated rings. The average molecular weight is 322 g/mol. The van der Waals surface area contributed by atoms with E-state index in [-0.39, 0.29) is 0 Å². The molecule has 0 amide bonds. The molecule has 1 atom stereocenters. The van der Waals surface area contributed by atoms with Gasteiger partial charge in [0.2, 0.25) is 0 Å². The maximum absolute atomic E-state index is 5.93. The van der Waals surface area contributed by atoms with E-state index >= 15 is 0 Å². The van der Waals surface area contributed by atoms with E-state index in [0.717, 1.165) is 10.2 Å². The summed E-state index contributed by atoms with van der Waals surface area (Å²) in [6.07, 6.45) is 3.80. The fourth-order valence-corrected chi connectivity index (χ4v) is 2.71. The molecule has 4 heteroatoms. The minimum Gasteiger partial charge on any atom is -0.330 e. The van der Waals surface area contributed by atoms with Crippen molar-refractivity contribution >= 4 is 15.9 Å². The lowest BCUT2D eigenvalue weighted by Crippen LogP contribution is -2.20. The summed E-state index contributed by atoms with van der Waals surface area (Å²) >= 11 is 3.53. The minimum absolute atomic E-state index is 0.320. The van der Waals surface area contributed by atoms with Crippen molar-refractivity contribution in [2.75, 3.05) is 6.54 Å². The van der Waals surface area contributed by atoms with Gasteiger partial charge in [0.05, 0.1) is 12.0 Å². The van der Waals surface area contributed by atoms with E-state index in [1.807, 2.05) is 12.5 Å². The predicted molar refractivity (Wildman–Crippen MR) is 82.6 cm³/mol. The van der Waals surface area contributed by atoms with E-state index in [1.54, 1.807) is 0 Å². The van der Waals surface area contributed by atoms with Crippen LogP contribution >= 0.6 is 15.9 Å². The second-order valence-corrected chi connectivity index (χ2v) is 6.12. The third-order valence-corrected chi connectivity index (χ3v) is 4.03. The summed E-state index contributed by atoms with van der Waals surface area (Å²) in [7, 11) is 0. The van der Waals surface area contributed by atoms with Gasteiger partial charge in [0.1, 0.15) is 0 Å². The fraction of sp³-hybridized carbons (Fsp3) is 0.400. The van der Waals surface area contributed by atoms with Crippen LogP contribution in [0.4, 0.5) is 0 Å². The van der Waals surface area contributed by atoms with Crippen molar-refractivity contribution in [3.63, 3.8) is 0 Å². The summed E-state index contributed by atoms with van der Waals surface area (Å²) in [4.78, 5) is 4.31. The Labute approximate surface area is 123 Å². The SMILES string of the molecule is Cc1ccc(Br)cc1-n1cncc1C(CN)C(C)C. The van der Waals surface area contributed by atoms with E-state index < -0.39 is 0 Å². The molecule has 2 rings (SSSR count). The lowest BCUT2D eigenvalue weighted by atomic mass is 9.93. The van der Waals surface area contributed by atoms with Gasteiger partial charge in [-0.25, -0.2) is 4.98 Å². The Morgan fingerprint density at radius 3 is 2.74 bits per heavy atom. The van der Waals surface area contributed by atoms with Gasteiger partial charge < -0.3 is 10.3 Å². The summed E-state index contributed by atoms with van der Waals surface area (Å²) in [5.74, 6) is 0.814. The van der Waals surface area contributed by atoms with Crippen LogP contribution in [0.1, 0.15) is 31.0 Å². The summed E-state index contributed by atoms with van der Waals surface area (Å²) in [6, 6.07) is 6.28. The van der Waals surface area contributed by atoms with Crippen LogP contribution in [0.15, 0.2) is 35.2 Å². The molecule has 0 aliphatic heterocycles. The van der Waals surface area contributed by atoms with Gasteiger partial charge in [-0.3, -0.25) is 0 Å². The smallest absolute Gasteiger partial charge is 0.0994 e. The number of benzene rings is 1. The Morgan fingerprint density at radius 1 is 1.37 bits per heavy atom. The number of hydrogen-bond acceptors (Lipinski definition) is 2. The van der Waals surface area contributed by atoms with Gasteiger partial charge in [0.25, 0.3) is 0 Å². The molecule has 0 spiro atoms. The minimum atomic E-state index is 0.320. The summed E-state index contributed by atoms with van der Waals surface area (Å²) < 4.78 is 3.22. The molecular weight excluding hydrogens is 302 g/mol. The fourth-order valence-electron chi connectivity index (χ4n) is 2.36. The number of rotatable bonds is 4. The van der Waals surface area contributed by atoms with Gasteiger partial charge in [-0.2, -0.15) is 0 Å². The zero-order valence-electron chi connectivity index (χ0n) is 11.6. The van der Waals surface area contributed by atoms with Gasteiger partial charge in [0.15, 0.2) is 0 Å². The third-order valence-electron chi connectivity index (χ3n) is 3.54. The van der Waals surface area contributed by atoms with Crippen LogP contribution in [-0.4, -0.2) is 16.1 Å². The highest BCUT2D eigenvalue weighted by molar-refractivity contribution is 9.10. The number of aromatic nitrogens is 2. The number of imidazole rings is 1. The molecule has 0 saturated heterocycles. The number of nitrogens with two attached hydrogens (primary N) is 1. The van der Waals surface area contributed by atoms with Crippen molar-refractivity contribution in [2.24, 2.45) is 11.7 Å². The maximum atomic E-state index is 5.93. The predicted octanol–water partition coefficient (Wildman–Crippen LogP) is 3.64. The third kappa shape index (κ3) is 2.90. The molecule has 1 unspecified atom stereocenters. The lowest BCUT2D eigenvalue weighted by molar-refractivity contribution is 0.489. The highest BCUT2D eigenvalue weighted by Crippen LogP contribution is 2.28. The topological polar surface area (TPSA) is 43.8 Å². The second-order valence-electron chi connectivity index (χ2n) is 5.21. The van der Waals surface area contributed by atoms with Crippen LogP contribution in [0, 0.1) is 12.8 Å². The first-order valence-corrected chi connectivity index (χ1v) is 7.32. The van der Waals surface area contributed by atoms with E-state index in [2.05, 4.69) is 64.5 Å². The zero-order chi connectivity index (χ0) is 14.0. The molecule has 3 nitrogen and oxygen atoms in total. The molecule has 102 valence electrons. The number of halogens is 1. The van der Waals surface area contributed by atoms with Crippen LogP contribution in [-0.2, 0) is 0 Å². The van der Waals surface area contributed by atoms with Gasteiger partial charge in [-0.15, -0.1) is 0 Å². The number of hydrogen-bond donors (Lipinski definition) is 1. The van der Waals surface area contributed by atoms with Gasteiger partial charge in [0, 0.05) is 28.8 Å². The molecule has 0 aliphatic carbocycles. The van der Waals surface area contributed by atoms with Crippen molar-refractivity contribution < 1.29 is 0 Å². The Balaban J connectivity index is 2.52. The molecule has 1 aromatic carbocycles. The van der Waals surface area contributed by atoms with Crippen molar-refractivity contribution in [3.05, 3.63) is 46.5 Å². The highest BCUT2D eigenvalue weighted by atomic mass is 79.9. The van der Waals surface area contributed by atoms with E-state index in [4.69, 9.17) is 5.73 Å². The zero-order valence-corrected chi connectivity index (χ0v) is 13.2. The standard InChI is InChI=1S/C15H20BrN3/c1-10(2)13(7-17)15-8-18-9-19(15)14-6-12(16)5-4-11(14)3/h4-6,8-10,13H,7,17H2,1-3H3. The summed E-state index contributed by atoms with van der Waals surface area (Å²) in [5, 5.41) is 0. The highest BCUT2D eigenvalue weighted by Gasteiger charge is 2.19. The monoisotopic (exact) mass is 321 g/mol. The van der Waals surface area contributed by atoms with Crippen molar-refractivity contribution in [2.45, 2.75) is 26.7 Å². The van der Waals surface area contributed by atoms with Crippen LogP contribution in [0.25, 0.3) is 5.69 Å². The molecular formula is C15H20BrN3. The van der Waals surface area contributed by atoms with Gasteiger partial charge in [-0.1, -0.05) is 35.8 Å². The first-order chi connectivity index (χ1) is 9.04. The van der Waals surface area contributed by atoms with Crippen LogP contribution in [0.2, 0.25) is 0 Å². The molecule has 2 aromatic rings. The van der Waals surface area contributed by atoms with Gasteiger partial charge in [-0.05, 0) is 30.5 Å². The first kappa shape index (κ1) is 14.3. The van der Waals surface area contributed by atoms with Gasteiger partial charge >= 0.3 is 0 Å². The quantitative estimate of drug-likeness (QED) is 0.934. The maximum Gasteiger partial charge on any atom is 0.0994 e. The van der Waals surface area contributed by atoms with Crippen molar-refractivity contribution in [3.8, 4) is 5.69 Å². The lowest BCUT2D eigenvalue weighted by Gasteiger charge is -2.21. The Bertz CT molecular complexity index is 560. The Morgan fingerprint density at radius 2 is 2.11 bits per heavy atom. The molecule has 0 saturated carbocycles. The second kappa shape index (κ2) is 5.88. The van der Waals surface area contributed by atoms with Crippen LogP contribution < -0.4 is 5.73 Å². The molecule has 2 N–H and O–H groups in total. The van der Waals surface area contributed by atoms with E-state index in [0.29, 0.717) is 18.4 Å². The molecule has 0 radical (unpaired) electrons. The average Bonchev–Trinajstić information content (AvgIpc) is 2.81. The summed E-state index contributed by atoms with van der Waals surface area (Å²) in [6.45, 7) is 7.14. The molecule has 1 aromatic heterocycles. The Kier molecular flexibility index (Phi) is 4.42. The van der Waals surface area contributed by atoms with Crippen molar-refractivity contribution in [1.29, 1.82) is 0 Å². The normalized spacial score (nSPS) is 12.9. The first-order valence-electron chi connectivity index (χ1n) is 6.53. The largest absolute Gasteiger partial charge is 0.330 e. The molecule has 0 bridgehead atoms. The van der Waals surface area contributed by atoms with Crippen molar-refractivity contribution in [1.82, 2.24) is 9.55 Å². The number of nitrogens with zero attached hydrogens (tertiary/aromatic N) is 2. The number of aryl methyl sites for hydroxylation is 1. The molecule has 19 heavy (non-hydrogen) atoms. The Hall–Kier alpha value is -1.13. The summed E-state index contributed by atoms with van der Waals surface area (Å²) in [5.41, 5.74) is 9.49. The van der Waals surface area contributed by atoms with E-state index in [9.17, 15) is 0 Å².